The van der Waals surface area contributed by atoms with Crippen LogP contribution in [0.15, 0.2) is 23.6 Å². The fraction of sp³-hybridized carbons (Fsp3) is 0.188. The number of aromatic nitrogens is 2. The topological polar surface area (TPSA) is 48.9 Å². The molecule has 0 saturated heterocycles. The van der Waals surface area contributed by atoms with E-state index in [0.29, 0.717) is 0 Å². The fourth-order valence-electron chi connectivity index (χ4n) is 2.10. The van der Waals surface area contributed by atoms with E-state index in [0.717, 1.165) is 27.3 Å². The highest BCUT2D eigenvalue weighted by Crippen LogP contribution is 2.28. The molecular weight excluding hydrogens is 268 g/mol. The monoisotopic (exact) mass is 282 g/mol. The van der Waals surface area contributed by atoms with E-state index in [1.807, 2.05) is 11.4 Å². The standard InChI is InChI=1S/C16H14N2OS/c1-10-5-6-13-15(11(10)2)18-16(17-13)14-8-12(9-20-14)4-3-7-19/h5-6,8-9,19H,7H2,1-2H3,(H,17,18). The first-order chi connectivity index (χ1) is 9.69. The van der Waals surface area contributed by atoms with Crippen molar-refractivity contribution in [2.75, 3.05) is 6.61 Å². The third kappa shape index (κ3) is 2.22. The summed E-state index contributed by atoms with van der Waals surface area (Å²) in [5.41, 5.74) is 5.45. The molecule has 0 aliphatic rings. The van der Waals surface area contributed by atoms with E-state index in [4.69, 9.17) is 10.1 Å². The van der Waals surface area contributed by atoms with Gasteiger partial charge in [-0.2, -0.15) is 0 Å². The number of aromatic amines is 1. The lowest BCUT2D eigenvalue weighted by molar-refractivity contribution is 0.350. The zero-order valence-corrected chi connectivity index (χ0v) is 12.1. The number of imidazole rings is 1. The Morgan fingerprint density at radius 3 is 3.00 bits per heavy atom. The Hall–Kier alpha value is -2.09. The minimum Gasteiger partial charge on any atom is -0.384 e. The maximum atomic E-state index is 8.71. The van der Waals surface area contributed by atoms with Crippen LogP contribution in [-0.2, 0) is 0 Å². The van der Waals surface area contributed by atoms with Gasteiger partial charge in [0.25, 0.3) is 0 Å². The first kappa shape index (κ1) is 12.9. The highest BCUT2D eigenvalue weighted by atomic mass is 32.1. The maximum Gasteiger partial charge on any atom is 0.148 e. The second-order valence-corrected chi connectivity index (χ2v) is 5.56. The van der Waals surface area contributed by atoms with Crippen LogP contribution in [0.25, 0.3) is 21.7 Å². The van der Waals surface area contributed by atoms with Gasteiger partial charge in [0.1, 0.15) is 12.4 Å². The maximum absolute atomic E-state index is 8.71. The molecule has 0 spiro atoms. The average molecular weight is 282 g/mol. The van der Waals surface area contributed by atoms with Crippen LogP contribution in [0.1, 0.15) is 16.7 Å². The van der Waals surface area contributed by atoms with Gasteiger partial charge in [-0.05, 0) is 37.1 Å². The smallest absolute Gasteiger partial charge is 0.148 e. The van der Waals surface area contributed by atoms with Crippen LogP contribution in [0, 0.1) is 25.7 Å². The van der Waals surface area contributed by atoms with Gasteiger partial charge in [-0.3, -0.25) is 0 Å². The highest BCUT2D eigenvalue weighted by Gasteiger charge is 2.10. The number of hydrogen-bond donors (Lipinski definition) is 2. The zero-order chi connectivity index (χ0) is 14.1. The number of aryl methyl sites for hydroxylation is 2. The van der Waals surface area contributed by atoms with Gasteiger partial charge >= 0.3 is 0 Å². The Balaban J connectivity index is 2.06. The van der Waals surface area contributed by atoms with E-state index in [1.54, 1.807) is 11.3 Å². The quantitative estimate of drug-likeness (QED) is 0.673. The van der Waals surface area contributed by atoms with E-state index in [2.05, 4.69) is 42.8 Å². The molecule has 20 heavy (non-hydrogen) atoms. The van der Waals surface area contributed by atoms with Crippen LogP contribution >= 0.6 is 11.3 Å². The van der Waals surface area contributed by atoms with Gasteiger partial charge in [0, 0.05) is 10.9 Å². The van der Waals surface area contributed by atoms with Crippen molar-refractivity contribution in [3.05, 3.63) is 40.3 Å². The van der Waals surface area contributed by atoms with Crippen molar-refractivity contribution in [3.8, 4) is 22.5 Å². The number of fused-ring (bicyclic) bond motifs is 1. The summed E-state index contributed by atoms with van der Waals surface area (Å²) in [5, 5.41) is 10.7. The Labute approximate surface area is 121 Å². The first-order valence-electron chi connectivity index (χ1n) is 6.33. The molecule has 0 atom stereocenters. The fourth-order valence-corrected chi connectivity index (χ4v) is 2.88. The Bertz CT molecular complexity index is 833. The summed E-state index contributed by atoms with van der Waals surface area (Å²) in [4.78, 5) is 9.10. The van der Waals surface area contributed by atoms with E-state index < -0.39 is 0 Å². The number of H-pyrrole nitrogens is 1. The second-order valence-electron chi connectivity index (χ2n) is 4.65. The van der Waals surface area contributed by atoms with Gasteiger partial charge in [-0.15, -0.1) is 11.3 Å². The van der Waals surface area contributed by atoms with Crippen LogP contribution in [0.2, 0.25) is 0 Å². The van der Waals surface area contributed by atoms with Gasteiger partial charge in [0.05, 0.1) is 15.9 Å². The van der Waals surface area contributed by atoms with Crippen molar-refractivity contribution < 1.29 is 5.11 Å². The number of nitrogens with one attached hydrogen (secondary N) is 1. The largest absolute Gasteiger partial charge is 0.384 e. The summed E-state index contributed by atoms with van der Waals surface area (Å²) in [6.07, 6.45) is 0. The van der Waals surface area contributed by atoms with Crippen molar-refractivity contribution in [1.29, 1.82) is 0 Å². The number of rotatable bonds is 1. The normalized spacial score (nSPS) is 10.6. The molecule has 100 valence electrons. The van der Waals surface area contributed by atoms with Crippen LogP contribution < -0.4 is 0 Å². The Morgan fingerprint density at radius 2 is 2.20 bits per heavy atom. The molecule has 0 aliphatic heterocycles. The Morgan fingerprint density at radius 1 is 1.35 bits per heavy atom. The summed E-state index contributed by atoms with van der Waals surface area (Å²) in [7, 11) is 0. The summed E-state index contributed by atoms with van der Waals surface area (Å²) in [6, 6.07) is 6.16. The molecule has 0 bridgehead atoms. The highest BCUT2D eigenvalue weighted by molar-refractivity contribution is 7.13. The third-order valence-electron chi connectivity index (χ3n) is 3.32. The number of aliphatic hydroxyl groups excluding tert-OH is 1. The summed E-state index contributed by atoms with van der Waals surface area (Å²) < 4.78 is 0. The number of nitrogens with zero attached hydrogens (tertiary/aromatic N) is 1. The van der Waals surface area contributed by atoms with Crippen molar-refractivity contribution in [2.45, 2.75) is 13.8 Å². The molecule has 0 saturated carbocycles. The molecule has 2 heterocycles. The summed E-state index contributed by atoms with van der Waals surface area (Å²) in [6.45, 7) is 4.07. The van der Waals surface area contributed by atoms with Gasteiger partial charge in [0.15, 0.2) is 0 Å². The molecule has 2 N–H and O–H groups in total. The van der Waals surface area contributed by atoms with Gasteiger partial charge in [-0.25, -0.2) is 4.98 Å². The number of hydrogen-bond acceptors (Lipinski definition) is 3. The predicted octanol–water partition coefficient (Wildman–Crippen LogP) is 3.25. The van der Waals surface area contributed by atoms with Crippen molar-refractivity contribution >= 4 is 22.4 Å². The lowest BCUT2D eigenvalue weighted by Crippen LogP contribution is -1.81. The molecular formula is C16H14N2OS. The molecule has 3 rings (SSSR count). The van der Waals surface area contributed by atoms with Crippen LogP contribution in [-0.4, -0.2) is 21.7 Å². The lowest BCUT2D eigenvalue weighted by atomic mass is 10.1. The number of aliphatic hydroxyl groups is 1. The van der Waals surface area contributed by atoms with Crippen molar-refractivity contribution in [1.82, 2.24) is 9.97 Å². The van der Waals surface area contributed by atoms with Crippen LogP contribution in [0.5, 0.6) is 0 Å². The lowest BCUT2D eigenvalue weighted by Gasteiger charge is -1.98. The van der Waals surface area contributed by atoms with E-state index in [9.17, 15) is 0 Å². The molecule has 0 radical (unpaired) electrons. The first-order valence-corrected chi connectivity index (χ1v) is 7.21. The van der Waals surface area contributed by atoms with Crippen molar-refractivity contribution in [2.24, 2.45) is 0 Å². The third-order valence-corrected chi connectivity index (χ3v) is 4.26. The molecule has 4 heteroatoms. The molecule has 3 aromatic rings. The molecule has 0 aliphatic carbocycles. The molecule has 0 amide bonds. The summed E-state index contributed by atoms with van der Waals surface area (Å²) in [5.74, 6) is 6.43. The average Bonchev–Trinajstić information content (AvgIpc) is 3.07. The van der Waals surface area contributed by atoms with Gasteiger partial charge in [-0.1, -0.05) is 17.9 Å². The van der Waals surface area contributed by atoms with E-state index >= 15 is 0 Å². The van der Waals surface area contributed by atoms with Crippen molar-refractivity contribution in [3.63, 3.8) is 0 Å². The molecule has 1 aromatic carbocycles. The molecule has 2 aromatic heterocycles. The van der Waals surface area contributed by atoms with Crippen LogP contribution in [0.4, 0.5) is 0 Å². The SMILES string of the molecule is Cc1ccc2[nH]c(-c3cc(C#CCO)cs3)nc2c1C. The second kappa shape index (κ2) is 5.12. The molecule has 3 nitrogen and oxygen atoms in total. The van der Waals surface area contributed by atoms with Crippen LogP contribution in [0.3, 0.4) is 0 Å². The van der Waals surface area contributed by atoms with E-state index in [1.165, 1.54) is 11.1 Å². The minimum absolute atomic E-state index is 0.117. The van der Waals surface area contributed by atoms with Gasteiger partial charge in [0.2, 0.25) is 0 Å². The molecule has 0 fully saturated rings. The van der Waals surface area contributed by atoms with E-state index in [-0.39, 0.29) is 6.61 Å². The number of benzene rings is 1. The summed E-state index contributed by atoms with van der Waals surface area (Å²) >= 11 is 1.60. The predicted molar refractivity (Wildman–Crippen MR) is 82.8 cm³/mol. The number of thiophene rings is 1. The molecule has 0 unspecified atom stereocenters. The Kier molecular flexibility index (Phi) is 3.31. The van der Waals surface area contributed by atoms with Gasteiger partial charge < -0.3 is 10.1 Å². The minimum atomic E-state index is -0.117. The zero-order valence-electron chi connectivity index (χ0n) is 11.3.